The van der Waals surface area contributed by atoms with Gasteiger partial charge in [0, 0.05) is 19.3 Å². The molecule has 7 heteroatoms. The second-order valence-corrected chi connectivity index (χ2v) is 8.75. The van der Waals surface area contributed by atoms with E-state index >= 15 is 0 Å². The zero-order valence-electron chi connectivity index (χ0n) is 18.4. The average molecular weight is 413 g/mol. The molecule has 0 aliphatic carbocycles. The number of para-hydroxylation sites is 1. The first-order valence-corrected chi connectivity index (χ1v) is 10.6. The standard InChI is InChI=1S/C23H32N4O3/c1-17-18(16-27(25-17)19-11-6-5-7-12-19)10-8-14-24-21(28)20-13-9-15-26(20)22(29)30-23(2,3)4/h5-7,11-12,16,20H,8-10,13-15H2,1-4H3,(H,24,28)/t20-/m0/s1. The van der Waals surface area contributed by atoms with Gasteiger partial charge in [-0.3, -0.25) is 9.69 Å². The minimum Gasteiger partial charge on any atom is -0.444 e. The lowest BCUT2D eigenvalue weighted by atomic mass is 10.1. The molecule has 0 unspecified atom stereocenters. The summed E-state index contributed by atoms with van der Waals surface area (Å²) in [5.74, 6) is -0.102. The number of rotatable bonds is 6. The molecule has 0 radical (unpaired) electrons. The van der Waals surface area contributed by atoms with Crippen molar-refractivity contribution in [2.24, 2.45) is 0 Å². The number of likely N-dealkylation sites (tertiary alicyclic amines) is 1. The Bertz CT molecular complexity index is 870. The fourth-order valence-corrected chi connectivity index (χ4v) is 3.64. The lowest BCUT2D eigenvalue weighted by Gasteiger charge is -2.28. The van der Waals surface area contributed by atoms with Crippen LogP contribution in [0.3, 0.4) is 0 Å². The molecule has 3 rings (SSSR count). The Kier molecular flexibility index (Phi) is 6.80. The van der Waals surface area contributed by atoms with Gasteiger partial charge >= 0.3 is 6.09 Å². The molecule has 1 atom stereocenters. The molecule has 0 spiro atoms. The summed E-state index contributed by atoms with van der Waals surface area (Å²) < 4.78 is 7.32. The Morgan fingerprint density at radius 2 is 1.97 bits per heavy atom. The summed E-state index contributed by atoms with van der Waals surface area (Å²) in [6.45, 7) is 8.62. The summed E-state index contributed by atoms with van der Waals surface area (Å²) in [4.78, 5) is 26.5. The van der Waals surface area contributed by atoms with Crippen molar-refractivity contribution in [2.45, 2.75) is 65.0 Å². The summed E-state index contributed by atoms with van der Waals surface area (Å²) in [5.41, 5.74) is 2.63. The van der Waals surface area contributed by atoms with Crippen LogP contribution in [0.2, 0.25) is 0 Å². The van der Waals surface area contributed by atoms with E-state index in [2.05, 4.69) is 10.4 Å². The largest absolute Gasteiger partial charge is 0.444 e. The Morgan fingerprint density at radius 3 is 2.67 bits per heavy atom. The summed E-state index contributed by atoms with van der Waals surface area (Å²) in [6, 6.07) is 9.57. The number of aromatic nitrogens is 2. The topological polar surface area (TPSA) is 76.5 Å². The molecule has 1 aliphatic heterocycles. The molecule has 30 heavy (non-hydrogen) atoms. The quantitative estimate of drug-likeness (QED) is 0.735. The van der Waals surface area contributed by atoms with Crippen LogP contribution in [0.5, 0.6) is 0 Å². The molecule has 2 aromatic rings. The van der Waals surface area contributed by atoms with Crippen molar-refractivity contribution < 1.29 is 14.3 Å². The van der Waals surface area contributed by atoms with E-state index in [1.807, 2.05) is 68.9 Å². The molecule has 2 amide bonds. The third kappa shape index (κ3) is 5.62. The first-order valence-electron chi connectivity index (χ1n) is 10.6. The molecule has 0 saturated carbocycles. The number of nitrogens with zero attached hydrogens (tertiary/aromatic N) is 3. The molecule has 162 valence electrons. The predicted octanol–water partition coefficient (Wildman–Crippen LogP) is 3.63. The molecule has 1 saturated heterocycles. The number of nitrogens with one attached hydrogen (secondary N) is 1. The minimum atomic E-state index is -0.567. The number of hydrogen-bond acceptors (Lipinski definition) is 4. The van der Waals surface area contributed by atoms with Crippen LogP contribution in [0.25, 0.3) is 5.69 Å². The van der Waals surface area contributed by atoms with Gasteiger partial charge in [-0.25, -0.2) is 9.48 Å². The van der Waals surface area contributed by atoms with E-state index in [9.17, 15) is 9.59 Å². The smallest absolute Gasteiger partial charge is 0.410 e. The van der Waals surface area contributed by atoms with Crippen LogP contribution in [-0.4, -0.2) is 51.4 Å². The van der Waals surface area contributed by atoms with Crippen LogP contribution in [0.4, 0.5) is 4.79 Å². The van der Waals surface area contributed by atoms with E-state index in [0.717, 1.165) is 30.6 Å². The van der Waals surface area contributed by atoms with Crippen molar-refractivity contribution in [1.82, 2.24) is 20.0 Å². The van der Waals surface area contributed by atoms with Crippen LogP contribution in [0.15, 0.2) is 36.5 Å². The van der Waals surface area contributed by atoms with Crippen LogP contribution in [-0.2, 0) is 16.0 Å². The molecule has 1 aromatic carbocycles. The first-order chi connectivity index (χ1) is 14.2. The maximum Gasteiger partial charge on any atom is 0.410 e. The van der Waals surface area contributed by atoms with E-state index in [0.29, 0.717) is 19.5 Å². The molecule has 1 aromatic heterocycles. The molecule has 0 bridgehead atoms. The van der Waals surface area contributed by atoms with Gasteiger partial charge in [0.15, 0.2) is 0 Å². The van der Waals surface area contributed by atoms with E-state index in [4.69, 9.17) is 4.74 Å². The van der Waals surface area contributed by atoms with Gasteiger partial charge in [-0.05, 0) is 71.1 Å². The van der Waals surface area contributed by atoms with Crippen molar-refractivity contribution in [1.29, 1.82) is 0 Å². The molecular formula is C23H32N4O3. The molecule has 1 aliphatic rings. The Balaban J connectivity index is 1.48. The minimum absolute atomic E-state index is 0.102. The lowest BCUT2D eigenvalue weighted by molar-refractivity contribution is -0.125. The Labute approximate surface area is 178 Å². The van der Waals surface area contributed by atoms with Gasteiger partial charge < -0.3 is 10.1 Å². The van der Waals surface area contributed by atoms with E-state index in [1.165, 1.54) is 5.56 Å². The van der Waals surface area contributed by atoms with Crippen molar-refractivity contribution in [2.75, 3.05) is 13.1 Å². The maximum absolute atomic E-state index is 12.6. The number of hydrogen-bond donors (Lipinski definition) is 1. The van der Waals surface area contributed by atoms with Crippen LogP contribution in [0.1, 0.15) is 51.3 Å². The number of amides is 2. The van der Waals surface area contributed by atoms with Gasteiger partial charge in [0.1, 0.15) is 11.6 Å². The van der Waals surface area contributed by atoms with Gasteiger partial charge in [0.05, 0.1) is 11.4 Å². The maximum atomic E-state index is 12.6. The second-order valence-electron chi connectivity index (χ2n) is 8.75. The number of carbonyl (C=O) groups excluding carboxylic acids is 2. The van der Waals surface area contributed by atoms with Gasteiger partial charge in [-0.15, -0.1) is 0 Å². The van der Waals surface area contributed by atoms with Gasteiger partial charge in [0.2, 0.25) is 5.91 Å². The molecule has 7 nitrogen and oxygen atoms in total. The number of carbonyl (C=O) groups is 2. The van der Waals surface area contributed by atoms with Crippen LogP contribution in [0, 0.1) is 6.92 Å². The summed E-state index contributed by atoms with van der Waals surface area (Å²) >= 11 is 0. The van der Waals surface area contributed by atoms with Crippen molar-refractivity contribution >= 4 is 12.0 Å². The van der Waals surface area contributed by atoms with Gasteiger partial charge in [0.25, 0.3) is 0 Å². The highest BCUT2D eigenvalue weighted by Crippen LogP contribution is 2.21. The third-order valence-corrected chi connectivity index (χ3v) is 5.13. The number of benzene rings is 1. The summed E-state index contributed by atoms with van der Waals surface area (Å²) in [5, 5.41) is 7.57. The lowest BCUT2D eigenvalue weighted by Crippen LogP contribution is -2.47. The zero-order chi connectivity index (χ0) is 21.7. The van der Waals surface area contributed by atoms with Crippen molar-refractivity contribution in [3.63, 3.8) is 0 Å². The number of aryl methyl sites for hydroxylation is 2. The predicted molar refractivity (Wildman–Crippen MR) is 116 cm³/mol. The Hall–Kier alpha value is -2.83. The average Bonchev–Trinajstić information content (AvgIpc) is 3.32. The van der Waals surface area contributed by atoms with E-state index < -0.39 is 17.7 Å². The fraction of sp³-hybridized carbons (Fsp3) is 0.522. The molecule has 2 heterocycles. The summed E-state index contributed by atoms with van der Waals surface area (Å²) in [7, 11) is 0. The molecule has 1 N–H and O–H groups in total. The van der Waals surface area contributed by atoms with Gasteiger partial charge in [-0.1, -0.05) is 18.2 Å². The highest BCUT2D eigenvalue weighted by atomic mass is 16.6. The Morgan fingerprint density at radius 1 is 1.23 bits per heavy atom. The second kappa shape index (κ2) is 9.32. The zero-order valence-corrected chi connectivity index (χ0v) is 18.4. The van der Waals surface area contributed by atoms with E-state index in [1.54, 1.807) is 4.90 Å². The highest BCUT2D eigenvalue weighted by Gasteiger charge is 2.36. The van der Waals surface area contributed by atoms with Gasteiger partial charge in [-0.2, -0.15) is 5.10 Å². The van der Waals surface area contributed by atoms with Crippen molar-refractivity contribution in [3.05, 3.63) is 47.8 Å². The monoisotopic (exact) mass is 412 g/mol. The molecule has 1 fully saturated rings. The number of ether oxygens (including phenoxy) is 1. The first kappa shape index (κ1) is 21.9. The molecular weight excluding hydrogens is 380 g/mol. The fourth-order valence-electron chi connectivity index (χ4n) is 3.64. The third-order valence-electron chi connectivity index (χ3n) is 5.13. The highest BCUT2D eigenvalue weighted by molar-refractivity contribution is 5.86. The summed E-state index contributed by atoms with van der Waals surface area (Å²) in [6.07, 6.45) is 4.77. The SMILES string of the molecule is Cc1nn(-c2ccccc2)cc1CCCNC(=O)[C@@H]1CCCN1C(=O)OC(C)(C)C. The van der Waals surface area contributed by atoms with Crippen molar-refractivity contribution in [3.8, 4) is 5.69 Å². The van der Waals surface area contributed by atoms with E-state index in [-0.39, 0.29) is 5.91 Å². The normalized spacial score (nSPS) is 16.5. The van der Waals surface area contributed by atoms with Crippen LogP contribution >= 0.6 is 0 Å². The van der Waals surface area contributed by atoms with Crippen LogP contribution < -0.4 is 5.32 Å².